The zero-order valence-electron chi connectivity index (χ0n) is 20.6. The van der Waals surface area contributed by atoms with Crippen LogP contribution >= 0.6 is 0 Å². The van der Waals surface area contributed by atoms with Gasteiger partial charge in [-0.1, -0.05) is 38.0 Å². The third-order valence-electron chi connectivity index (χ3n) is 7.30. The molecule has 0 radical (unpaired) electrons. The number of aliphatic hydroxyl groups excluding tert-OH is 1. The van der Waals surface area contributed by atoms with E-state index in [1.165, 1.54) is 6.42 Å². The molecule has 1 aliphatic heterocycles. The molecule has 3 aliphatic rings. The van der Waals surface area contributed by atoms with Crippen LogP contribution < -0.4 is 4.74 Å². The van der Waals surface area contributed by atoms with Gasteiger partial charge in [0.05, 0.1) is 19.2 Å². The molecule has 1 N–H and O–H groups in total. The minimum Gasteiger partial charge on any atom is -0.472 e. The minimum absolute atomic E-state index is 0.0520. The summed E-state index contributed by atoms with van der Waals surface area (Å²) >= 11 is 0. The number of aromatic nitrogens is 1. The molecule has 2 fully saturated rings. The molecular weight excluding hydrogens is 430 g/mol. The Morgan fingerprint density at radius 1 is 1.29 bits per heavy atom. The topological polar surface area (TPSA) is 83.0 Å². The highest BCUT2D eigenvalue weighted by molar-refractivity contribution is 5.97. The number of carbonyl (C=O) groups excluding carboxylic acids is 2. The zero-order valence-corrected chi connectivity index (χ0v) is 20.6. The molecule has 7 nitrogen and oxygen atoms in total. The standard InChI is InChI=1S/C27H37N3O4/c1-18-15-30(19(2)17-31)27(33)23-13-21(12-11-20-9-10-20)14-28-25(23)34-24(18)16-29(3)26(32)22-7-5-4-6-8-22/h13-14,18-20,22,24,31H,4-10,15-17H2,1-3H3/t18-,19-,24-/m1/s1. The summed E-state index contributed by atoms with van der Waals surface area (Å²) < 4.78 is 6.32. The first kappa shape index (κ1) is 24.5. The number of amides is 2. The van der Waals surface area contributed by atoms with E-state index in [1.807, 2.05) is 20.9 Å². The lowest BCUT2D eigenvalue weighted by molar-refractivity contribution is -0.136. The number of fused-ring (bicyclic) bond motifs is 1. The third kappa shape index (κ3) is 5.72. The van der Waals surface area contributed by atoms with Gasteiger partial charge in [-0.15, -0.1) is 0 Å². The fourth-order valence-corrected chi connectivity index (χ4v) is 4.82. The second-order valence-corrected chi connectivity index (χ2v) is 10.3. The zero-order chi connectivity index (χ0) is 24.2. The number of carbonyl (C=O) groups is 2. The SMILES string of the molecule is C[C@@H]1CN([C@H](C)CO)C(=O)c2cc(C#CC3CC3)cnc2O[C@@H]1CN(C)C(=O)C1CCCCC1. The Bertz CT molecular complexity index is 958. The Balaban J connectivity index is 1.59. The lowest BCUT2D eigenvalue weighted by Gasteiger charge is -2.38. The van der Waals surface area contributed by atoms with Gasteiger partial charge < -0.3 is 19.6 Å². The Labute approximate surface area is 202 Å². The molecular formula is C27H37N3O4. The summed E-state index contributed by atoms with van der Waals surface area (Å²) in [7, 11) is 1.84. The van der Waals surface area contributed by atoms with E-state index in [4.69, 9.17) is 4.74 Å². The number of ether oxygens (including phenoxy) is 1. The summed E-state index contributed by atoms with van der Waals surface area (Å²) in [5, 5.41) is 9.82. The Morgan fingerprint density at radius 3 is 2.71 bits per heavy atom. The predicted molar refractivity (Wildman–Crippen MR) is 129 cm³/mol. The number of hydrogen-bond acceptors (Lipinski definition) is 5. The molecule has 0 unspecified atom stereocenters. The van der Waals surface area contributed by atoms with E-state index in [9.17, 15) is 14.7 Å². The van der Waals surface area contributed by atoms with Gasteiger partial charge in [0, 0.05) is 43.1 Å². The molecule has 1 aromatic rings. The van der Waals surface area contributed by atoms with Crippen LogP contribution in [-0.4, -0.2) is 70.6 Å². The number of aliphatic hydroxyl groups is 1. The van der Waals surface area contributed by atoms with Crippen LogP contribution in [0.4, 0.5) is 0 Å². The minimum atomic E-state index is -0.343. The van der Waals surface area contributed by atoms with Gasteiger partial charge >= 0.3 is 0 Å². The highest BCUT2D eigenvalue weighted by atomic mass is 16.5. The molecule has 7 heteroatoms. The second kappa shape index (κ2) is 10.8. The average Bonchev–Trinajstić information content (AvgIpc) is 3.69. The van der Waals surface area contributed by atoms with E-state index in [2.05, 4.69) is 16.8 Å². The lowest BCUT2D eigenvalue weighted by Crippen LogP contribution is -2.51. The van der Waals surface area contributed by atoms with Gasteiger partial charge in [0.1, 0.15) is 11.7 Å². The van der Waals surface area contributed by atoms with Gasteiger partial charge in [0.25, 0.3) is 5.91 Å². The van der Waals surface area contributed by atoms with E-state index in [0.29, 0.717) is 30.1 Å². The van der Waals surface area contributed by atoms with Crippen molar-refractivity contribution < 1.29 is 19.4 Å². The van der Waals surface area contributed by atoms with Crippen molar-refractivity contribution >= 4 is 11.8 Å². The van der Waals surface area contributed by atoms with Gasteiger partial charge in [-0.2, -0.15) is 0 Å². The van der Waals surface area contributed by atoms with Gasteiger partial charge in [-0.3, -0.25) is 9.59 Å². The van der Waals surface area contributed by atoms with Crippen LogP contribution in [0.15, 0.2) is 12.3 Å². The van der Waals surface area contributed by atoms with Crippen LogP contribution in [0.1, 0.15) is 74.7 Å². The second-order valence-electron chi connectivity index (χ2n) is 10.3. The first-order valence-electron chi connectivity index (χ1n) is 12.7. The van der Waals surface area contributed by atoms with Crippen molar-refractivity contribution in [3.05, 3.63) is 23.4 Å². The van der Waals surface area contributed by atoms with Gasteiger partial charge in [-0.05, 0) is 38.7 Å². The monoisotopic (exact) mass is 467 g/mol. The summed E-state index contributed by atoms with van der Waals surface area (Å²) in [6.45, 7) is 4.58. The number of hydrogen-bond donors (Lipinski definition) is 1. The largest absolute Gasteiger partial charge is 0.472 e. The van der Waals surface area contributed by atoms with Crippen molar-refractivity contribution in [3.63, 3.8) is 0 Å². The van der Waals surface area contributed by atoms with Crippen LogP contribution in [0.25, 0.3) is 0 Å². The average molecular weight is 468 g/mol. The number of nitrogens with zero attached hydrogens (tertiary/aromatic N) is 3. The van der Waals surface area contributed by atoms with Crippen molar-refractivity contribution in [2.45, 2.75) is 70.9 Å². The molecule has 1 aromatic heterocycles. The molecule has 0 bridgehead atoms. The number of rotatable bonds is 5. The molecule has 2 saturated carbocycles. The Kier molecular flexibility index (Phi) is 7.77. The molecule has 34 heavy (non-hydrogen) atoms. The highest BCUT2D eigenvalue weighted by Crippen LogP contribution is 2.30. The van der Waals surface area contributed by atoms with E-state index in [1.54, 1.807) is 22.1 Å². The molecule has 184 valence electrons. The molecule has 4 rings (SSSR count). The molecule has 0 spiro atoms. The number of pyridine rings is 1. The lowest BCUT2D eigenvalue weighted by atomic mass is 9.88. The van der Waals surface area contributed by atoms with Crippen LogP contribution in [0.2, 0.25) is 0 Å². The molecule has 0 saturated heterocycles. The van der Waals surface area contributed by atoms with E-state index >= 15 is 0 Å². The van der Waals surface area contributed by atoms with Gasteiger partial charge in [0.15, 0.2) is 0 Å². The summed E-state index contributed by atoms with van der Waals surface area (Å²) in [4.78, 5) is 34.5. The van der Waals surface area contributed by atoms with Crippen LogP contribution in [-0.2, 0) is 4.79 Å². The number of likely N-dealkylation sites (N-methyl/N-ethyl adjacent to an activating group) is 1. The first-order chi connectivity index (χ1) is 16.4. The van der Waals surface area contributed by atoms with Crippen LogP contribution in [0.3, 0.4) is 0 Å². The maximum atomic E-state index is 13.5. The summed E-state index contributed by atoms with van der Waals surface area (Å²) in [6.07, 6.45) is 8.92. The smallest absolute Gasteiger partial charge is 0.259 e. The maximum absolute atomic E-state index is 13.5. The summed E-state index contributed by atoms with van der Waals surface area (Å²) in [5.41, 5.74) is 1.05. The highest BCUT2D eigenvalue weighted by Gasteiger charge is 2.35. The molecule has 0 aromatic carbocycles. The van der Waals surface area contributed by atoms with E-state index in [0.717, 1.165) is 38.5 Å². The molecule has 2 aliphatic carbocycles. The van der Waals surface area contributed by atoms with Crippen molar-refractivity contribution in [1.82, 2.24) is 14.8 Å². The fraction of sp³-hybridized carbons (Fsp3) is 0.667. The predicted octanol–water partition coefficient (Wildman–Crippen LogP) is 3.10. The normalized spacial score (nSPS) is 24.1. The van der Waals surface area contributed by atoms with Crippen LogP contribution in [0, 0.1) is 29.6 Å². The summed E-state index contributed by atoms with van der Waals surface area (Å²) in [5.74, 6) is 7.07. The quantitative estimate of drug-likeness (QED) is 0.673. The molecule has 2 amide bonds. The first-order valence-corrected chi connectivity index (χ1v) is 12.7. The van der Waals surface area contributed by atoms with Gasteiger partial charge in [0.2, 0.25) is 11.8 Å². The Hall–Kier alpha value is -2.59. The van der Waals surface area contributed by atoms with E-state index in [-0.39, 0.29) is 48.3 Å². The third-order valence-corrected chi connectivity index (χ3v) is 7.30. The Morgan fingerprint density at radius 2 is 2.03 bits per heavy atom. The van der Waals surface area contributed by atoms with Crippen molar-refractivity contribution in [2.75, 3.05) is 26.7 Å². The van der Waals surface area contributed by atoms with E-state index < -0.39 is 0 Å². The molecule has 2 heterocycles. The fourth-order valence-electron chi connectivity index (χ4n) is 4.82. The molecule has 3 atom stereocenters. The summed E-state index contributed by atoms with van der Waals surface area (Å²) in [6, 6.07) is 1.41. The van der Waals surface area contributed by atoms with Crippen molar-refractivity contribution in [2.24, 2.45) is 17.8 Å². The van der Waals surface area contributed by atoms with Gasteiger partial charge in [-0.25, -0.2) is 4.98 Å². The van der Waals surface area contributed by atoms with Crippen molar-refractivity contribution in [1.29, 1.82) is 0 Å². The van der Waals surface area contributed by atoms with Crippen molar-refractivity contribution in [3.8, 4) is 17.7 Å². The maximum Gasteiger partial charge on any atom is 0.259 e. The van der Waals surface area contributed by atoms with Crippen LogP contribution in [0.5, 0.6) is 5.88 Å².